The smallest absolute Gasteiger partial charge is 0.242 e. The molecular formula is C11H15N5O. The third kappa shape index (κ3) is 3.01. The van der Waals surface area contributed by atoms with Crippen molar-refractivity contribution in [3.8, 4) is 11.5 Å². The summed E-state index contributed by atoms with van der Waals surface area (Å²) in [6, 6.07) is 5.81. The molecule has 0 fully saturated rings. The highest BCUT2D eigenvalue weighted by atomic mass is 16.5. The van der Waals surface area contributed by atoms with Crippen LogP contribution in [0, 0.1) is 0 Å². The molecule has 2 N–H and O–H groups in total. The molecule has 0 aromatic carbocycles. The first-order valence-corrected chi connectivity index (χ1v) is 5.39. The Bertz CT molecular complexity index is 456. The molecule has 0 radical (unpaired) electrons. The Hall–Kier alpha value is -1.95. The topological polar surface area (TPSA) is 75.7 Å². The number of hydrogen-bond donors (Lipinski definition) is 2. The van der Waals surface area contributed by atoms with Gasteiger partial charge in [-0.05, 0) is 19.1 Å². The van der Waals surface area contributed by atoms with E-state index in [2.05, 4.69) is 25.5 Å². The van der Waals surface area contributed by atoms with Crippen LogP contribution in [-0.2, 0) is 4.74 Å². The van der Waals surface area contributed by atoms with Gasteiger partial charge in [0.25, 0.3) is 0 Å². The largest absolute Gasteiger partial charge is 0.383 e. The molecule has 2 heterocycles. The first-order chi connectivity index (χ1) is 8.29. The summed E-state index contributed by atoms with van der Waals surface area (Å²) >= 11 is 0. The van der Waals surface area contributed by atoms with Crippen molar-refractivity contribution < 1.29 is 4.74 Å². The number of ether oxygens (including phenoxy) is 1. The van der Waals surface area contributed by atoms with Crippen molar-refractivity contribution in [3.63, 3.8) is 0 Å². The van der Waals surface area contributed by atoms with Gasteiger partial charge in [0, 0.05) is 19.3 Å². The molecule has 6 nitrogen and oxygen atoms in total. The average molecular weight is 233 g/mol. The van der Waals surface area contributed by atoms with Gasteiger partial charge in [0.05, 0.1) is 6.61 Å². The maximum Gasteiger partial charge on any atom is 0.242 e. The first-order valence-electron chi connectivity index (χ1n) is 5.39. The molecule has 2 aromatic rings. The fourth-order valence-corrected chi connectivity index (χ4v) is 1.46. The summed E-state index contributed by atoms with van der Waals surface area (Å²) in [5.41, 5.74) is 0.771. The van der Waals surface area contributed by atoms with Crippen molar-refractivity contribution in [2.75, 3.05) is 19.0 Å². The van der Waals surface area contributed by atoms with Crippen LogP contribution in [0.25, 0.3) is 11.5 Å². The Morgan fingerprint density at radius 1 is 1.47 bits per heavy atom. The SMILES string of the molecule is COCC(C)Nc1n[nH]c(-c2ccccn2)n1. The quantitative estimate of drug-likeness (QED) is 0.814. The minimum Gasteiger partial charge on any atom is -0.383 e. The molecule has 2 aromatic heterocycles. The predicted octanol–water partition coefficient (Wildman–Crippen LogP) is 1.31. The molecule has 90 valence electrons. The molecule has 0 amide bonds. The van der Waals surface area contributed by atoms with Crippen LogP contribution in [0.1, 0.15) is 6.92 Å². The van der Waals surface area contributed by atoms with E-state index in [0.29, 0.717) is 18.4 Å². The van der Waals surface area contributed by atoms with Gasteiger partial charge >= 0.3 is 0 Å². The monoisotopic (exact) mass is 233 g/mol. The Kier molecular flexibility index (Phi) is 3.66. The number of hydrogen-bond acceptors (Lipinski definition) is 5. The summed E-state index contributed by atoms with van der Waals surface area (Å²) in [5, 5.41) is 10.0. The van der Waals surface area contributed by atoms with E-state index < -0.39 is 0 Å². The van der Waals surface area contributed by atoms with Gasteiger partial charge < -0.3 is 10.1 Å². The number of H-pyrrole nitrogens is 1. The normalized spacial score (nSPS) is 12.4. The van der Waals surface area contributed by atoms with Crippen molar-refractivity contribution in [1.29, 1.82) is 0 Å². The van der Waals surface area contributed by atoms with E-state index in [-0.39, 0.29) is 6.04 Å². The van der Waals surface area contributed by atoms with Gasteiger partial charge in [0.2, 0.25) is 5.95 Å². The molecule has 0 bridgehead atoms. The Morgan fingerprint density at radius 3 is 3.06 bits per heavy atom. The van der Waals surface area contributed by atoms with E-state index >= 15 is 0 Å². The molecule has 2 rings (SSSR count). The number of anilines is 1. The molecule has 17 heavy (non-hydrogen) atoms. The fourth-order valence-electron chi connectivity index (χ4n) is 1.46. The molecule has 0 spiro atoms. The van der Waals surface area contributed by atoms with Crippen LogP contribution in [0.4, 0.5) is 5.95 Å². The number of methoxy groups -OCH3 is 1. The number of nitrogens with one attached hydrogen (secondary N) is 2. The van der Waals surface area contributed by atoms with Gasteiger partial charge in [0.15, 0.2) is 5.82 Å². The Labute approximate surface area is 99.4 Å². The van der Waals surface area contributed by atoms with Crippen LogP contribution in [0.2, 0.25) is 0 Å². The minimum atomic E-state index is 0.160. The molecule has 0 aliphatic rings. The van der Waals surface area contributed by atoms with Gasteiger partial charge in [-0.25, -0.2) is 0 Å². The van der Waals surface area contributed by atoms with E-state index in [9.17, 15) is 0 Å². The van der Waals surface area contributed by atoms with E-state index in [1.165, 1.54) is 0 Å². The second-order valence-electron chi connectivity index (χ2n) is 3.72. The maximum atomic E-state index is 5.03. The Morgan fingerprint density at radius 2 is 2.35 bits per heavy atom. The molecule has 6 heteroatoms. The van der Waals surface area contributed by atoms with Gasteiger partial charge in [-0.1, -0.05) is 6.07 Å². The molecule has 0 saturated carbocycles. The highest BCUT2D eigenvalue weighted by Gasteiger charge is 2.08. The number of rotatable bonds is 5. The third-order valence-corrected chi connectivity index (χ3v) is 2.19. The summed E-state index contributed by atoms with van der Waals surface area (Å²) < 4.78 is 5.03. The van der Waals surface area contributed by atoms with Gasteiger partial charge in [-0.2, -0.15) is 4.98 Å². The van der Waals surface area contributed by atoms with Crippen LogP contribution in [0.3, 0.4) is 0 Å². The molecule has 1 atom stereocenters. The third-order valence-electron chi connectivity index (χ3n) is 2.19. The lowest BCUT2D eigenvalue weighted by atomic mass is 10.3. The predicted molar refractivity (Wildman–Crippen MR) is 64.6 cm³/mol. The van der Waals surface area contributed by atoms with Crippen molar-refractivity contribution in [1.82, 2.24) is 20.2 Å². The van der Waals surface area contributed by atoms with Crippen molar-refractivity contribution in [2.45, 2.75) is 13.0 Å². The second-order valence-corrected chi connectivity index (χ2v) is 3.72. The van der Waals surface area contributed by atoms with E-state index in [4.69, 9.17) is 4.74 Å². The summed E-state index contributed by atoms with van der Waals surface area (Å²) in [4.78, 5) is 8.50. The first kappa shape index (κ1) is 11.5. The fraction of sp³-hybridized carbons (Fsp3) is 0.364. The summed E-state index contributed by atoms with van der Waals surface area (Å²) in [6.45, 7) is 2.60. The lowest BCUT2D eigenvalue weighted by Crippen LogP contribution is -2.21. The average Bonchev–Trinajstić information content (AvgIpc) is 2.79. The highest BCUT2D eigenvalue weighted by Crippen LogP contribution is 2.12. The zero-order chi connectivity index (χ0) is 12.1. The lowest BCUT2D eigenvalue weighted by Gasteiger charge is -2.09. The molecule has 0 saturated heterocycles. The van der Waals surface area contributed by atoms with Crippen molar-refractivity contribution >= 4 is 5.95 Å². The molecule has 0 aliphatic heterocycles. The standard InChI is InChI=1S/C11H15N5O/c1-8(7-17-2)13-11-14-10(15-16-11)9-5-3-4-6-12-9/h3-6,8H,7H2,1-2H3,(H2,13,14,15,16). The minimum absolute atomic E-state index is 0.160. The summed E-state index contributed by atoms with van der Waals surface area (Å²) in [7, 11) is 1.66. The highest BCUT2D eigenvalue weighted by molar-refractivity contribution is 5.50. The number of aromatic amines is 1. The number of pyridine rings is 1. The number of nitrogens with zero attached hydrogens (tertiary/aromatic N) is 3. The van der Waals surface area contributed by atoms with E-state index in [1.807, 2.05) is 25.1 Å². The lowest BCUT2D eigenvalue weighted by molar-refractivity contribution is 0.190. The van der Waals surface area contributed by atoms with Gasteiger partial charge in [-0.3, -0.25) is 10.1 Å². The second kappa shape index (κ2) is 5.40. The van der Waals surface area contributed by atoms with E-state index in [1.54, 1.807) is 13.3 Å². The van der Waals surface area contributed by atoms with Gasteiger partial charge in [-0.15, -0.1) is 5.10 Å². The Balaban J connectivity index is 2.06. The zero-order valence-electron chi connectivity index (χ0n) is 9.84. The van der Waals surface area contributed by atoms with Crippen LogP contribution in [0.15, 0.2) is 24.4 Å². The van der Waals surface area contributed by atoms with E-state index in [0.717, 1.165) is 5.69 Å². The molecular weight excluding hydrogens is 218 g/mol. The van der Waals surface area contributed by atoms with Crippen LogP contribution in [-0.4, -0.2) is 39.9 Å². The molecule has 1 unspecified atom stereocenters. The van der Waals surface area contributed by atoms with Crippen molar-refractivity contribution in [2.24, 2.45) is 0 Å². The summed E-state index contributed by atoms with van der Waals surface area (Å²) in [6.07, 6.45) is 1.72. The zero-order valence-corrected chi connectivity index (χ0v) is 9.84. The van der Waals surface area contributed by atoms with Crippen molar-refractivity contribution in [3.05, 3.63) is 24.4 Å². The van der Waals surface area contributed by atoms with Gasteiger partial charge in [0.1, 0.15) is 5.69 Å². The van der Waals surface area contributed by atoms with Crippen LogP contribution < -0.4 is 5.32 Å². The van der Waals surface area contributed by atoms with Crippen LogP contribution >= 0.6 is 0 Å². The maximum absolute atomic E-state index is 5.03. The number of aromatic nitrogens is 4. The summed E-state index contributed by atoms with van der Waals surface area (Å²) in [5.74, 6) is 1.20. The molecule has 0 aliphatic carbocycles. The van der Waals surface area contributed by atoms with Crippen LogP contribution in [0.5, 0.6) is 0 Å².